The molecule has 0 saturated heterocycles. The molecule has 4 N–H and O–H groups in total. The number of phenolic OH excluding ortho intramolecular Hbond substituents is 1. The van der Waals surface area contributed by atoms with Crippen LogP contribution in [0.2, 0.25) is 0 Å². The Morgan fingerprint density at radius 3 is 2.42 bits per heavy atom. The molecule has 3 rings (SSSR count). The van der Waals surface area contributed by atoms with Crippen LogP contribution in [0.1, 0.15) is 30.5 Å². The van der Waals surface area contributed by atoms with Crippen LogP contribution in [-0.2, 0) is 13.0 Å². The molecule has 138 valence electrons. The molecule has 0 aliphatic carbocycles. The third-order valence-electron chi connectivity index (χ3n) is 4.62. The van der Waals surface area contributed by atoms with Crippen molar-refractivity contribution in [1.29, 1.82) is 0 Å². The minimum atomic E-state index is -1.35. The highest BCUT2D eigenvalue weighted by Gasteiger charge is 2.26. The monoisotopic (exact) mass is 358 g/mol. The summed E-state index contributed by atoms with van der Waals surface area (Å²) in [5, 5.41) is 40.4. The number of hydrogen-bond donors (Lipinski definition) is 4. The van der Waals surface area contributed by atoms with Gasteiger partial charge in [-0.15, -0.1) is 0 Å². The van der Waals surface area contributed by atoms with Crippen LogP contribution in [0.4, 0.5) is 0 Å². The zero-order valence-corrected chi connectivity index (χ0v) is 14.9. The summed E-state index contributed by atoms with van der Waals surface area (Å²) in [6, 6.07) is 6.52. The van der Waals surface area contributed by atoms with Crippen molar-refractivity contribution in [3.05, 3.63) is 51.2 Å². The second-order valence-corrected chi connectivity index (χ2v) is 7.21. The first-order valence-corrected chi connectivity index (χ1v) is 8.35. The first-order chi connectivity index (χ1) is 12.1. The molecule has 0 spiro atoms. The molecule has 6 nitrogen and oxygen atoms in total. The Kier molecular flexibility index (Phi) is 4.52. The number of phenols is 1. The van der Waals surface area contributed by atoms with Crippen LogP contribution in [0.25, 0.3) is 21.9 Å². The summed E-state index contributed by atoms with van der Waals surface area (Å²) in [4.78, 5) is 13.0. The van der Waals surface area contributed by atoms with Crippen molar-refractivity contribution >= 4 is 21.9 Å². The SMILES string of the molecule is Cc1cc(CO)c2c(=O)c3c(O)c(C[C@H](O)C(C)(C)O)ccc3oc2c1. The third-order valence-corrected chi connectivity index (χ3v) is 4.62. The van der Waals surface area contributed by atoms with Crippen molar-refractivity contribution in [2.45, 2.75) is 45.5 Å². The average molecular weight is 358 g/mol. The minimum absolute atomic E-state index is 0.00324. The van der Waals surface area contributed by atoms with Gasteiger partial charge in [-0.1, -0.05) is 12.1 Å². The zero-order chi connectivity index (χ0) is 19.2. The maximum Gasteiger partial charge on any atom is 0.204 e. The van der Waals surface area contributed by atoms with E-state index in [4.69, 9.17) is 4.42 Å². The summed E-state index contributed by atoms with van der Waals surface area (Å²) >= 11 is 0. The van der Waals surface area contributed by atoms with Crippen LogP contribution in [0.5, 0.6) is 5.75 Å². The van der Waals surface area contributed by atoms with Crippen LogP contribution in [0.15, 0.2) is 33.5 Å². The average Bonchev–Trinajstić information content (AvgIpc) is 2.55. The summed E-state index contributed by atoms with van der Waals surface area (Å²) in [5.74, 6) is -0.286. The van der Waals surface area contributed by atoms with Gasteiger partial charge in [0, 0.05) is 6.42 Å². The van der Waals surface area contributed by atoms with Crippen molar-refractivity contribution in [3.8, 4) is 5.75 Å². The second kappa shape index (κ2) is 6.39. The van der Waals surface area contributed by atoms with Gasteiger partial charge in [-0.05, 0) is 49.6 Å². The number of fused-ring (bicyclic) bond motifs is 2. The van der Waals surface area contributed by atoms with Gasteiger partial charge >= 0.3 is 0 Å². The molecule has 1 atom stereocenters. The summed E-state index contributed by atoms with van der Waals surface area (Å²) in [6.07, 6.45) is -1.14. The largest absolute Gasteiger partial charge is 0.507 e. The molecule has 6 heteroatoms. The molecule has 0 fully saturated rings. The fourth-order valence-corrected chi connectivity index (χ4v) is 3.08. The number of hydrogen-bond acceptors (Lipinski definition) is 6. The van der Waals surface area contributed by atoms with Gasteiger partial charge in [0.25, 0.3) is 0 Å². The van der Waals surface area contributed by atoms with Crippen molar-refractivity contribution in [2.24, 2.45) is 0 Å². The molecule has 0 amide bonds. The normalized spacial score (nSPS) is 13.5. The Labute approximate surface area is 149 Å². The lowest BCUT2D eigenvalue weighted by Crippen LogP contribution is -2.37. The van der Waals surface area contributed by atoms with E-state index in [1.165, 1.54) is 13.8 Å². The van der Waals surface area contributed by atoms with E-state index in [1.54, 1.807) is 24.3 Å². The molecule has 26 heavy (non-hydrogen) atoms. The highest BCUT2D eigenvalue weighted by molar-refractivity contribution is 5.95. The molecule has 1 aromatic heterocycles. The molecule has 1 heterocycles. The van der Waals surface area contributed by atoms with Gasteiger partial charge in [-0.2, -0.15) is 0 Å². The maximum absolute atomic E-state index is 13.0. The molecule has 0 unspecified atom stereocenters. The van der Waals surface area contributed by atoms with Gasteiger partial charge in [0.05, 0.1) is 23.7 Å². The van der Waals surface area contributed by atoms with E-state index in [-0.39, 0.29) is 35.1 Å². The Balaban J connectivity index is 2.28. The molecule has 3 aromatic rings. The van der Waals surface area contributed by atoms with E-state index < -0.39 is 17.1 Å². The summed E-state index contributed by atoms with van der Waals surface area (Å²) < 4.78 is 5.78. The van der Waals surface area contributed by atoms with Gasteiger partial charge in [0.15, 0.2) is 0 Å². The third kappa shape index (κ3) is 3.07. The van der Waals surface area contributed by atoms with Crippen molar-refractivity contribution < 1.29 is 24.8 Å². The van der Waals surface area contributed by atoms with Gasteiger partial charge in [0.1, 0.15) is 22.3 Å². The van der Waals surface area contributed by atoms with Crippen LogP contribution in [-0.4, -0.2) is 32.1 Å². The van der Waals surface area contributed by atoms with Gasteiger partial charge in [0.2, 0.25) is 5.43 Å². The first-order valence-electron chi connectivity index (χ1n) is 8.35. The fraction of sp³-hybridized carbons (Fsp3) is 0.350. The molecular weight excluding hydrogens is 336 g/mol. The van der Waals surface area contributed by atoms with E-state index in [0.717, 1.165) is 5.56 Å². The standard InChI is InChI=1S/C20H22O6/c1-10-6-12(9-21)16-14(7-10)26-13-5-4-11(8-15(22)20(2,3)25)18(23)17(13)19(16)24/h4-7,15,21-23,25H,8-9H2,1-3H3/t15-/m0/s1. The van der Waals surface area contributed by atoms with Crippen LogP contribution in [0.3, 0.4) is 0 Å². The highest BCUT2D eigenvalue weighted by Crippen LogP contribution is 2.32. The van der Waals surface area contributed by atoms with E-state index in [0.29, 0.717) is 16.7 Å². The number of benzene rings is 2. The first kappa shape index (κ1) is 18.4. The highest BCUT2D eigenvalue weighted by atomic mass is 16.3. The Morgan fingerprint density at radius 2 is 1.81 bits per heavy atom. The maximum atomic E-state index is 13.0. The number of aliphatic hydroxyl groups is 3. The Hall–Kier alpha value is -2.41. The lowest BCUT2D eigenvalue weighted by atomic mass is 9.93. The van der Waals surface area contributed by atoms with E-state index in [2.05, 4.69) is 0 Å². The predicted octanol–water partition coefficient (Wildman–Crippen LogP) is 2.13. The number of aryl methyl sites for hydroxylation is 1. The molecule has 2 aromatic carbocycles. The molecule has 0 aliphatic heterocycles. The number of rotatable bonds is 4. The summed E-state index contributed by atoms with van der Waals surface area (Å²) in [7, 11) is 0. The smallest absolute Gasteiger partial charge is 0.204 e. The van der Waals surface area contributed by atoms with Gasteiger partial charge < -0.3 is 24.8 Å². The Morgan fingerprint density at radius 1 is 1.12 bits per heavy atom. The van der Waals surface area contributed by atoms with Crippen LogP contribution >= 0.6 is 0 Å². The lowest BCUT2D eigenvalue weighted by molar-refractivity contribution is -0.0471. The summed E-state index contributed by atoms with van der Waals surface area (Å²) in [6.45, 7) is 4.44. The van der Waals surface area contributed by atoms with Crippen molar-refractivity contribution in [3.63, 3.8) is 0 Å². The molecule has 0 bridgehead atoms. The number of aliphatic hydroxyl groups excluding tert-OH is 2. The molecular formula is C20H22O6. The molecule has 0 saturated carbocycles. The second-order valence-electron chi connectivity index (χ2n) is 7.21. The van der Waals surface area contributed by atoms with Crippen molar-refractivity contribution in [2.75, 3.05) is 0 Å². The van der Waals surface area contributed by atoms with Gasteiger partial charge in [-0.3, -0.25) is 4.79 Å². The van der Waals surface area contributed by atoms with E-state index in [1.807, 2.05) is 6.92 Å². The molecule has 0 aliphatic rings. The quantitative estimate of drug-likeness (QED) is 0.532. The fourth-order valence-electron chi connectivity index (χ4n) is 3.08. The Bertz CT molecular complexity index is 1040. The van der Waals surface area contributed by atoms with Crippen LogP contribution in [0, 0.1) is 6.92 Å². The summed E-state index contributed by atoms with van der Waals surface area (Å²) in [5.41, 5.74) is 0.372. The van der Waals surface area contributed by atoms with Crippen molar-refractivity contribution in [1.82, 2.24) is 0 Å². The topological polar surface area (TPSA) is 111 Å². The van der Waals surface area contributed by atoms with E-state index in [9.17, 15) is 25.2 Å². The zero-order valence-electron chi connectivity index (χ0n) is 14.9. The number of aromatic hydroxyl groups is 1. The predicted molar refractivity (Wildman–Crippen MR) is 98.3 cm³/mol. The molecule has 0 radical (unpaired) electrons. The van der Waals surface area contributed by atoms with Gasteiger partial charge in [-0.25, -0.2) is 0 Å². The minimum Gasteiger partial charge on any atom is -0.507 e. The lowest BCUT2D eigenvalue weighted by Gasteiger charge is -2.24. The van der Waals surface area contributed by atoms with Crippen LogP contribution < -0.4 is 5.43 Å². The van der Waals surface area contributed by atoms with E-state index >= 15 is 0 Å².